The molecule has 9 heteroatoms. The fourth-order valence-electron chi connectivity index (χ4n) is 5.55. The largest absolute Gasteiger partial charge is 0.481 e. The molecule has 0 aliphatic heterocycles. The van der Waals surface area contributed by atoms with E-state index in [1.807, 2.05) is 0 Å². The third-order valence-corrected chi connectivity index (χ3v) is 5.81. The van der Waals surface area contributed by atoms with Gasteiger partial charge in [0.2, 0.25) is 0 Å². The molecule has 0 spiro atoms. The predicted octanol–water partition coefficient (Wildman–Crippen LogP) is 4.89. The van der Waals surface area contributed by atoms with Gasteiger partial charge in [0.25, 0.3) is 0 Å². The Bertz CT molecular complexity index is 695. The van der Waals surface area contributed by atoms with Gasteiger partial charge in [0.1, 0.15) is 6.61 Å². The van der Waals surface area contributed by atoms with E-state index in [2.05, 4.69) is 55.0 Å². The Morgan fingerprint density at radius 2 is 1.15 bits per heavy atom. The molecule has 0 fully saturated rings. The quantitative estimate of drug-likeness (QED) is 0.0965. The molecule has 1 atom stereocenters. The summed E-state index contributed by atoms with van der Waals surface area (Å²) in [4.78, 5) is 24.0. The van der Waals surface area contributed by atoms with Crippen LogP contribution < -0.4 is 0 Å². The summed E-state index contributed by atoms with van der Waals surface area (Å²) in [5.74, 6) is -2.35. The molecule has 0 aromatic heterocycles. The van der Waals surface area contributed by atoms with Crippen molar-refractivity contribution in [3.63, 3.8) is 0 Å². The second-order valence-corrected chi connectivity index (χ2v) is 13.0. The van der Waals surface area contributed by atoms with E-state index in [1.54, 1.807) is 0 Å². The average Bonchev–Trinajstić information content (AvgIpc) is 2.75. The highest BCUT2D eigenvalue weighted by molar-refractivity contribution is 5.79. The maximum atomic E-state index is 12.6. The van der Waals surface area contributed by atoms with Gasteiger partial charge in [-0.3, -0.25) is 9.59 Å². The van der Waals surface area contributed by atoms with Crippen molar-refractivity contribution in [2.75, 3.05) is 66.1 Å². The van der Waals surface area contributed by atoms with Crippen LogP contribution in [0, 0.1) is 22.2 Å². The molecule has 230 valence electrons. The second-order valence-electron chi connectivity index (χ2n) is 13.0. The van der Waals surface area contributed by atoms with E-state index in [4.69, 9.17) is 28.8 Å². The minimum absolute atomic E-state index is 0.00361. The third-order valence-electron chi connectivity index (χ3n) is 5.81. The number of aliphatic hydroxyl groups is 1. The van der Waals surface area contributed by atoms with E-state index in [-0.39, 0.29) is 42.5 Å². The first-order valence-electron chi connectivity index (χ1n) is 14.0. The minimum Gasteiger partial charge on any atom is -0.481 e. The monoisotopic (exact) mass is 560 g/mol. The van der Waals surface area contributed by atoms with Gasteiger partial charge in [-0.1, -0.05) is 60.6 Å². The number of aliphatic carboxylic acids is 1. The summed E-state index contributed by atoms with van der Waals surface area (Å²) in [7, 11) is 0. The fourth-order valence-corrected chi connectivity index (χ4v) is 5.55. The van der Waals surface area contributed by atoms with Gasteiger partial charge in [-0.05, 0) is 41.9 Å². The first kappa shape index (κ1) is 37.5. The zero-order valence-electron chi connectivity index (χ0n) is 25.6. The van der Waals surface area contributed by atoms with Gasteiger partial charge in [-0.25, -0.2) is 0 Å². The van der Waals surface area contributed by atoms with Crippen LogP contribution in [0.25, 0.3) is 0 Å². The van der Waals surface area contributed by atoms with E-state index in [9.17, 15) is 14.7 Å². The maximum Gasteiger partial charge on any atom is 0.309 e. The smallest absolute Gasteiger partial charge is 0.309 e. The second kappa shape index (κ2) is 19.5. The molecule has 0 radical (unpaired) electrons. The van der Waals surface area contributed by atoms with E-state index in [1.165, 1.54) is 0 Å². The highest BCUT2D eigenvalue weighted by atomic mass is 16.6. The maximum absolute atomic E-state index is 12.6. The van der Waals surface area contributed by atoms with Crippen molar-refractivity contribution < 1.29 is 43.5 Å². The van der Waals surface area contributed by atoms with Crippen LogP contribution in [0.4, 0.5) is 0 Å². The Hall–Kier alpha value is -1.52. The van der Waals surface area contributed by atoms with Crippen molar-refractivity contribution in [1.82, 2.24) is 0 Å². The van der Waals surface area contributed by atoms with Crippen LogP contribution in [0.2, 0.25) is 0 Å². The van der Waals surface area contributed by atoms with Crippen LogP contribution in [-0.4, -0.2) is 88.2 Å². The number of carbonyl (C=O) groups is 2. The summed E-state index contributed by atoms with van der Waals surface area (Å²) in [6, 6.07) is 0. The highest BCUT2D eigenvalue weighted by Crippen LogP contribution is 2.44. The molecule has 0 aliphatic carbocycles. The Labute approximate surface area is 236 Å². The summed E-state index contributed by atoms with van der Waals surface area (Å²) < 4.78 is 26.5. The number of esters is 1. The lowest BCUT2D eigenvalue weighted by molar-refractivity contribution is -0.154. The van der Waals surface area contributed by atoms with Crippen molar-refractivity contribution >= 4 is 11.9 Å². The number of aliphatic hydroxyl groups excluding tert-OH is 1. The van der Waals surface area contributed by atoms with Crippen LogP contribution in [0.15, 0.2) is 12.2 Å². The van der Waals surface area contributed by atoms with Crippen molar-refractivity contribution in [3.8, 4) is 0 Å². The predicted molar refractivity (Wildman–Crippen MR) is 152 cm³/mol. The molecule has 0 heterocycles. The van der Waals surface area contributed by atoms with Crippen molar-refractivity contribution in [2.45, 2.75) is 80.6 Å². The van der Waals surface area contributed by atoms with Gasteiger partial charge in [0.05, 0.1) is 71.8 Å². The molecule has 0 saturated heterocycles. The molecular formula is C30H56O9. The molecular weight excluding hydrogens is 504 g/mol. The van der Waals surface area contributed by atoms with Crippen LogP contribution in [0.5, 0.6) is 0 Å². The summed E-state index contributed by atoms with van der Waals surface area (Å²) >= 11 is 0. The lowest BCUT2D eigenvalue weighted by atomic mass is 9.66. The van der Waals surface area contributed by atoms with E-state index >= 15 is 0 Å². The Morgan fingerprint density at radius 3 is 1.59 bits per heavy atom. The summed E-state index contributed by atoms with van der Waals surface area (Å²) in [6.45, 7) is 22.9. The van der Waals surface area contributed by atoms with Gasteiger partial charge < -0.3 is 33.9 Å². The highest BCUT2D eigenvalue weighted by Gasteiger charge is 2.33. The standard InChI is InChI=1S/C30H56O9/c1-24(21-29(5,6)23-30(7,8)22-28(2,3)4)19-25(20-26(32)33)27(34)39-18-17-38-16-15-37-14-13-36-12-11-35-10-9-31/h25,31H,1,9-23H2,2-8H3,(H,32,33). The Kier molecular flexibility index (Phi) is 18.8. The molecule has 0 aromatic carbocycles. The van der Waals surface area contributed by atoms with Gasteiger partial charge in [-0.2, -0.15) is 0 Å². The summed E-state index contributed by atoms with van der Waals surface area (Å²) in [5.41, 5.74) is 1.22. The Balaban J connectivity index is 4.34. The fraction of sp³-hybridized carbons (Fsp3) is 0.867. The zero-order chi connectivity index (χ0) is 30.0. The van der Waals surface area contributed by atoms with Gasteiger partial charge >= 0.3 is 11.9 Å². The number of carboxylic acids is 1. The lowest BCUT2D eigenvalue weighted by Crippen LogP contribution is -2.28. The number of ether oxygens (including phenoxy) is 5. The van der Waals surface area contributed by atoms with Gasteiger partial charge in [-0.15, -0.1) is 0 Å². The van der Waals surface area contributed by atoms with Crippen LogP contribution in [0.1, 0.15) is 80.6 Å². The van der Waals surface area contributed by atoms with Crippen molar-refractivity contribution in [1.29, 1.82) is 0 Å². The topological polar surface area (TPSA) is 121 Å². The number of allylic oxidation sites excluding steroid dienone is 1. The van der Waals surface area contributed by atoms with E-state index < -0.39 is 17.9 Å². The van der Waals surface area contributed by atoms with Crippen molar-refractivity contribution in [2.24, 2.45) is 22.2 Å². The SMILES string of the molecule is C=C(CC(CC(=O)O)C(=O)OCCOCCOCCOCCOCCO)CC(C)(C)CC(C)(C)CC(C)(C)C. The molecule has 0 amide bonds. The van der Waals surface area contributed by atoms with Gasteiger partial charge in [0.15, 0.2) is 0 Å². The Morgan fingerprint density at radius 1 is 0.692 bits per heavy atom. The minimum atomic E-state index is -1.04. The number of carboxylic acid groups (broad SMARTS) is 1. The third kappa shape index (κ3) is 22.9. The van der Waals surface area contributed by atoms with E-state index in [0.29, 0.717) is 52.7 Å². The molecule has 2 N–H and O–H groups in total. The molecule has 0 aliphatic rings. The first-order chi connectivity index (χ1) is 18.1. The number of hydrogen-bond acceptors (Lipinski definition) is 8. The molecule has 9 nitrogen and oxygen atoms in total. The van der Waals surface area contributed by atoms with Crippen LogP contribution in [-0.2, 0) is 33.3 Å². The summed E-state index contributed by atoms with van der Waals surface area (Å²) in [6.07, 6.45) is 2.81. The first-order valence-corrected chi connectivity index (χ1v) is 14.0. The number of carbonyl (C=O) groups excluding carboxylic acids is 1. The number of rotatable bonds is 24. The zero-order valence-corrected chi connectivity index (χ0v) is 25.6. The lowest BCUT2D eigenvalue weighted by Gasteiger charge is -2.39. The molecule has 39 heavy (non-hydrogen) atoms. The molecule has 0 bridgehead atoms. The van der Waals surface area contributed by atoms with E-state index in [0.717, 1.165) is 24.8 Å². The van der Waals surface area contributed by atoms with Crippen LogP contribution in [0.3, 0.4) is 0 Å². The normalized spacial score (nSPS) is 13.3. The molecule has 0 aromatic rings. The molecule has 0 rings (SSSR count). The van der Waals surface area contributed by atoms with Crippen LogP contribution >= 0.6 is 0 Å². The number of hydrogen-bond donors (Lipinski definition) is 2. The molecule has 0 saturated carbocycles. The summed E-state index contributed by atoms with van der Waals surface area (Å²) in [5, 5.41) is 17.9. The molecule has 1 unspecified atom stereocenters. The average molecular weight is 561 g/mol. The van der Waals surface area contributed by atoms with Gasteiger partial charge in [0, 0.05) is 0 Å². The van der Waals surface area contributed by atoms with Crippen molar-refractivity contribution in [3.05, 3.63) is 12.2 Å².